The van der Waals surface area contributed by atoms with Gasteiger partial charge in [0.15, 0.2) is 5.82 Å². The van der Waals surface area contributed by atoms with Crippen LogP contribution in [0, 0.1) is 13.8 Å². The van der Waals surface area contributed by atoms with Crippen LogP contribution in [0.25, 0.3) is 5.82 Å². The molecule has 3 rings (SSSR count). The second kappa shape index (κ2) is 6.22. The summed E-state index contributed by atoms with van der Waals surface area (Å²) in [4.78, 5) is 24.1. The van der Waals surface area contributed by atoms with Gasteiger partial charge in [0, 0.05) is 11.8 Å². The molecule has 0 unspecified atom stereocenters. The van der Waals surface area contributed by atoms with Crippen molar-refractivity contribution in [3.05, 3.63) is 54.4 Å². The summed E-state index contributed by atoms with van der Waals surface area (Å²) in [6.07, 6.45) is 4.27. The Kier molecular flexibility index (Phi) is 3.96. The third-order valence-corrected chi connectivity index (χ3v) is 3.40. The highest BCUT2D eigenvalue weighted by Gasteiger charge is 2.08. The Labute approximate surface area is 132 Å². The van der Waals surface area contributed by atoms with Crippen LogP contribution in [0.3, 0.4) is 0 Å². The Bertz CT molecular complexity index is 830. The Hall–Kier alpha value is -3.29. The molecule has 2 N–H and O–H groups in total. The van der Waals surface area contributed by atoms with Gasteiger partial charge in [-0.3, -0.25) is 5.32 Å². The fraction of sp³-hybridized carbons (Fsp3) is 0.133. The minimum Gasteiger partial charge on any atom is -0.307 e. The molecule has 1 aromatic carbocycles. The van der Waals surface area contributed by atoms with Gasteiger partial charge in [-0.15, -0.1) is 0 Å². The van der Waals surface area contributed by atoms with E-state index in [4.69, 9.17) is 0 Å². The third-order valence-electron chi connectivity index (χ3n) is 3.40. The highest BCUT2D eigenvalue weighted by molar-refractivity contribution is 5.99. The number of hydrogen-bond acceptors (Lipinski definition) is 5. The first-order valence-corrected chi connectivity index (χ1v) is 6.95. The smallest absolute Gasteiger partial charge is 0.307 e. The van der Waals surface area contributed by atoms with Crippen molar-refractivity contribution < 1.29 is 4.79 Å². The summed E-state index contributed by atoms with van der Waals surface area (Å²) >= 11 is 0. The van der Waals surface area contributed by atoms with E-state index in [0.29, 0.717) is 11.6 Å². The van der Waals surface area contributed by atoms with Crippen LogP contribution in [-0.2, 0) is 0 Å². The molecule has 0 aliphatic heterocycles. The summed E-state index contributed by atoms with van der Waals surface area (Å²) in [6.45, 7) is 3.95. The van der Waals surface area contributed by atoms with E-state index in [9.17, 15) is 4.79 Å². The Morgan fingerprint density at radius 1 is 1.13 bits per heavy atom. The largest absolute Gasteiger partial charge is 0.324 e. The van der Waals surface area contributed by atoms with Crippen LogP contribution in [0.15, 0.2) is 43.2 Å². The molecule has 0 saturated heterocycles. The van der Waals surface area contributed by atoms with E-state index >= 15 is 0 Å². The maximum atomic E-state index is 12.1. The van der Waals surface area contributed by atoms with Crippen LogP contribution < -0.4 is 10.6 Å². The van der Waals surface area contributed by atoms with Gasteiger partial charge in [0.25, 0.3) is 0 Å². The van der Waals surface area contributed by atoms with Crippen molar-refractivity contribution in [1.29, 1.82) is 0 Å². The second-order valence-electron chi connectivity index (χ2n) is 4.93. The first kappa shape index (κ1) is 14.6. The molecule has 8 heteroatoms. The van der Waals surface area contributed by atoms with E-state index in [1.807, 2.05) is 32.0 Å². The minimum atomic E-state index is -0.373. The van der Waals surface area contributed by atoms with Crippen LogP contribution in [0.2, 0.25) is 0 Å². The molecule has 2 heterocycles. The molecular formula is C15H15N7O. The summed E-state index contributed by atoms with van der Waals surface area (Å²) in [7, 11) is 0. The molecule has 116 valence electrons. The molecule has 0 spiro atoms. The monoisotopic (exact) mass is 309 g/mol. The van der Waals surface area contributed by atoms with E-state index in [0.717, 1.165) is 16.8 Å². The number of carbonyl (C=O) groups excluding carboxylic acids is 1. The van der Waals surface area contributed by atoms with Gasteiger partial charge in [0.2, 0.25) is 0 Å². The van der Waals surface area contributed by atoms with Crippen molar-refractivity contribution in [2.45, 2.75) is 13.8 Å². The maximum absolute atomic E-state index is 12.1. The number of urea groups is 1. The second-order valence-corrected chi connectivity index (χ2v) is 4.93. The average molecular weight is 309 g/mol. The number of aromatic nitrogens is 5. The molecule has 0 radical (unpaired) electrons. The van der Waals surface area contributed by atoms with Crippen molar-refractivity contribution in [2.24, 2.45) is 0 Å². The van der Waals surface area contributed by atoms with Gasteiger partial charge in [-0.1, -0.05) is 12.1 Å². The van der Waals surface area contributed by atoms with Crippen LogP contribution in [0.4, 0.5) is 16.3 Å². The molecular weight excluding hydrogens is 294 g/mol. The van der Waals surface area contributed by atoms with Crippen molar-refractivity contribution >= 4 is 17.5 Å². The lowest BCUT2D eigenvalue weighted by molar-refractivity contribution is 0.262. The van der Waals surface area contributed by atoms with Crippen molar-refractivity contribution in [3.63, 3.8) is 0 Å². The molecule has 0 fully saturated rings. The van der Waals surface area contributed by atoms with Crippen molar-refractivity contribution in [1.82, 2.24) is 24.7 Å². The van der Waals surface area contributed by atoms with E-state index in [1.54, 1.807) is 6.07 Å². The van der Waals surface area contributed by atoms with E-state index in [1.165, 1.54) is 23.7 Å². The molecule has 0 atom stereocenters. The van der Waals surface area contributed by atoms with Crippen LogP contribution in [-0.4, -0.2) is 30.8 Å². The number of anilines is 2. The summed E-state index contributed by atoms with van der Waals surface area (Å²) in [6, 6.07) is 6.97. The lowest BCUT2D eigenvalue weighted by Crippen LogP contribution is -2.21. The fourth-order valence-corrected chi connectivity index (χ4v) is 2.02. The molecule has 2 aromatic heterocycles. The van der Waals surface area contributed by atoms with Gasteiger partial charge in [0.05, 0.1) is 0 Å². The number of nitrogens with zero attached hydrogens (tertiary/aromatic N) is 5. The van der Waals surface area contributed by atoms with Crippen LogP contribution >= 0.6 is 0 Å². The van der Waals surface area contributed by atoms with Gasteiger partial charge in [0.1, 0.15) is 24.8 Å². The average Bonchev–Trinajstić information content (AvgIpc) is 3.06. The number of hydrogen-bond donors (Lipinski definition) is 2. The zero-order valence-electron chi connectivity index (χ0n) is 12.7. The van der Waals surface area contributed by atoms with E-state index in [-0.39, 0.29) is 6.03 Å². The SMILES string of the molecule is Cc1cccc(NC(=O)Nc2cc(-n3cncn3)ncn2)c1C. The normalized spacial score (nSPS) is 10.3. The maximum Gasteiger partial charge on any atom is 0.324 e. The molecule has 0 aliphatic carbocycles. The number of rotatable bonds is 3. The molecule has 0 aliphatic rings. The third kappa shape index (κ3) is 3.31. The van der Waals surface area contributed by atoms with Gasteiger partial charge >= 0.3 is 6.03 Å². The number of aryl methyl sites for hydroxylation is 1. The highest BCUT2D eigenvalue weighted by Crippen LogP contribution is 2.18. The predicted octanol–water partition coefficient (Wildman–Crippen LogP) is 2.32. The minimum absolute atomic E-state index is 0.369. The lowest BCUT2D eigenvalue weighted by Gasteiger charge is -2.11. The molecule has 23 heavy (non-hydrogen) atoms. The summed E-state index contributed by atoms with van der Waals surface area (Å²) in [5.74, 6) is 0.882. The van der Waals surface area contributed by atoms with Crippen LogP contribution in [0.5, 0.6) is 0 Å². The molecule has 0 saturated carbocycles. The molecule has 0 bridgehead atoms. The Morgan fingerprint density at radius 2 is 2.00 bits per heavy atom. The topological polar surface area (TPSA) is 97.6 Å². The fourth-order valence-electron chi connectivity index (χ4n) is 2.02. The van der Waals surface area contributed by atoms with Crippen molar-refractivity contribution in [3.8, 4) is 5.82 Å². The van der Waals surface area contributed by atoms with E-state index < -0.39 is 0 Å². The van der Waals surface area contributed by atoms with Gasteiger partial charge in [-0.2, -0.15) is 5.10 Å². The molecule has 8 nitrogen and oxygen atoms in total. The number of benzene rings is 1. The predicted molar refractivity (Wildman–Crippen MR) is 85.5 cm³/mol. The zero-order chi connectivity index (χ0) is 16.2. The Balaban J connectivity index is 1.73. The first-order valence-electron chi connectivity index (χ1n) is 6.95. The number of nitrogens with one attached hydrogen (secondary N) is 2. The standard InChI is InChI=1S/C15H15N7O/c1-10-4-3-5-12(11(10)2)20-15(23)21-13-6-14(18-8-17-13)22-9-16-7-19-22/h3-9H,1-2H3,(H2,17,18,20,21,23). The Morgan fingerprint density at radius 3 is 2.78 bits per heavy atom. The van der Waals surface area contributed by atoms with Gasteiger partial charge in [-0.05, 0) is 31.0 Å². The van der Waals surface area contributed by atoms with Gasteiger partial charge < -0.3 is 5.32 Å². The number of carbonyl (C=O) groups is 1. The zero-order valence-corrected chi connectivity index (χ0v) is 12.7. The summed E-state index contributed by atoms with van der Waals surface area (Å²) < 4.78 is 1.48. The molecule has 2 amide bonds. The van der Waals surface area contributed by atoms with Crippen molar-refractivity contribution in [2.75, 3.05) is 10.6 Å². The summed E-state index contributed by atoms with van der Waals surface area (Å²) in [5, 5.41) is 9.47. The molecule has 3 aromatic rings. The number of amides is 2. The van der Waals surface area contributed by atoms with Gasteiger partial charge in [-0.25, -0.2) is 24.4 Å². The lowest BCUT2D eigenvalue weighted by atomic mass is 10.1. The quantitative estimate of drug-likeness (QED) is 0.773. The van der Waals surface area contributed by atoms with E-state index in [2.05, 4.69) is 30.7 Å². The summed E-state index contributed by atoms with van der Waals surface area (Å²) in [5.41, 5.74) is 2.89. The first-order chi connectivity index (χ1) is 11.1. The highest BCUT2D eigenvalue weighted by atomic mass is 16.2. The van der Waals surface area contributed by atoms with Crippen LogP contribution in [0.1, 0.15) is 11.1 Å².